The second kappa shape index (κ2) is 10.8. The van der Waals surface area contributed by atoms with Crippen LogP contribution in [0.15, 0.2) is 42.5 Å². The third kappa shape index (κ3) is 6.63. The van der Waals surface area contributed by atoms with E-state index in [4.69, 9.17) is 14.2 Å². The van der Waals surface area contributed by atoms with E-state index in [0.717, 1.165) is 5.56 Å². The van der Waals surface area contributed by atoms with Gasteiger partial charge in [-0.15, -0.1) is 0 Å². The highest BCUT2D eigenvalue weighted by molar-refractivity contribution is 5.92. The van der Waals surface area contributed by atoms with Crippen molar-refractivity contribution in [3.05, 3.63) is 53.6 Å². The van der Waals surface area contributed by atoms with Gasteiger partial charge in [-0.05, 0) is 31.2 Å². The second-order valence-electron chi connectivity index (χ2n) is 5.64. The van der Waals surface area contributed by atoms with E-state index in [1.54, 1.807) is 31.2 Å². The molecule has 9 heteroatoms. The fourth-order valence-electron chi connectivity index (χ4n) is 2.40. The summed E-state index contributed by atoms with van der Waals surface area (Å²) >= 11 is 0. The molecule has 0 aromatic heterocycles. The fourth-order valence-corrected chi connectivity index (χ4v) is 2.40. The Balaban J connectivity index is 1.92. The monoisotopic (exact) mass is 409 g/mol. The summed E-state index contributed by atoms with van der Waals surface area (Å²) in [6.07, 6.45) is 0. The normalized spacial score (nSPS) is 10.4. The van der Waals surface area contributed by atoms with E-state index in [2.05, 4.69) is 10.1 Å². The van der Waals surface area contributed by atoms with Crippen LogP contribution in [-0.2, 0) is 16.1 Å². The van der Waals surface area contributed by atoms with Crippen LogP contribution in [0.1, 0.15) is 22.8 Å². The highest BCUT2D eigenvalue weighted by atomic mass is 19.3. The highest BCUT2D eigenvalue weighted by Gasteiger charge is 2.16. The van der Waals surface area contributed by atoms with E-state index >= 15 is 0 Å². The van der Waals surface area contributed by atoms with E-state index in [0.29, 0.717) is 5.75 Å². The molecule has 0 aliphatic heterocycles. The van der Waals surface area contributed by atoms with Crippen molar-refractivity contribution in [2.45, 2.75) is 20.1 Å². The lowest BCUT2D eigenvalue weighted by atomic mass is 10.2. The zero-order valence-electron chi connectivity index (χ0n) is 15.9. The van der Waals surface area contributed by atoms with Gasteiger partial charge in [0.15, 0.2) is 18.1 Å². The Morgan fingerprint density at radius 2 is 1.83 bits per heavy atom. The predicted molar refractivity (Wildman–Crippen MR) is 99.4 cm³/mol. The topological polar surface area (TPSA) is 83.1 Å². The van der Waals surface area contributed by atoms with Crippen molar-refractivity contribution in [2.24, 2.45) is 0 Å². The van der Waals surface area contributed by atoms with Crippen LogP contribution in [-0.4, -0.2) is 38.8 Å². The maximum atomic E-state index is 12.4. The molecule has 0 unspecified atom stereocenters. The molecule has 2 aromatic carbocycles. The number of methoxy groups -OCH3 is 1. The molecular weight excluding hydrogens is 388 g/mol. The molecule has 156 valence electrons. The number of amides is 1. The van der Waals surface area contributed by atoms with Gasteiger partial charge < -0.3 is 24.3 Å². The summed E-state index contributed by atoms with van der Waals surface area (Å²) in [7, 11) is 1.52. The Hall–Kier alpha value is -3.36. The number of esters is 1. The maximum Gasteiger partial charge on any atom is 0.387 e. The Kier molecular flexibility index (Phi) is 8.20. The van der Waals surface area contributed by atoms with Crippen molar-refractivity contribution in [1.82, 2.24) is 5.32 Å². The van der Waals surface area contributed by atoms with Crippen molar-refractivity contribution >= 4 is 11.9 Å². The molecule has 1 N–H and O–H groups in total. The van der Waals surface area contributed by atoms with Crippen molar-refractivity contribution in [3.8, 4) is 17.2 Å². The van der Waals surface area contributed by atoms with Crippen molar-refractivity contribution in [3.63, 3.8) is 0 Å². The predicted octanol–water partition coefficient (Wildman–Crippen LogP) is 3.17. The number of halogens is 2. The first-order valence-corrected chi connectivity index (χ1v) is 8.72. The lowest BCUT2D eigenvalue weighted by Crippen LogP contribution is -2.28. The van der Waals surface area contributed by atoms with Crippen LogP contribution >= 0.6 is 0 Å². The number of hydrogen-bond acceptors (Lipinski definition) is 6. The van der Waals surface area contributed by atoms with Gasteiger partial charge in [0.1, 0.15) is 5.75 Å². The molecule has 0 saturated heterocycles. The van der Waals surface area contributed by atoms with E-state index in [1.165, 1.54) is 25.3 Å². The van der Waals surface area contributed by atoms with E-state index in [-0.39, 0.29) is 30.2 Å². The van der Waals surface area contributed by atoms with Crippen molar-refractivity contribution in [1.29, 1.82) is 0 Å². The number of benzene rings is 2. The Morgan fingerprint density at radius 3 is 2.52 bits per heavy atom. The smallest absolute Gasteiger partial charge is 0.387 e. The van der Waals surface area contributed by atoms with Gasteiger partial charge in [0.2, 0.25) is 0 Å². The Labute approximate surface area is 166 Å². The molecule has 0 aliphatic carbocycles. The van der Waals surface area contributed by atoms with E-state index < -0.39 is 25.1 Å². The van der Waals surface area contributed by atoms with Crippen LogP contribution in [0.2, 0.25) is 0 Å². The zero-order chi connectivity index (χ0) is 21.2. The summed E-state index contributed by atoms with van der Waals surface area (Å²) in [5.41, 5.74) is 0.804. The van der Waals surface area contributed by atoms with Gasteiger partial charge in [-0.25, -0.2) is 4.79 Å². The molecule has 0 fully saturated rings. The number of para-hydroxylation sites is 1. The molecule has 2 rings (SSSR count). The Bertz CT molecular complexity index is 843. The summed E-state index contributed by atoms with van der Waals surface area (Å²) in [6.45, 7) is -1.49. The lowest BCUT2D eigenvalue weighted by molar-refractivity contribution is -0.124. The van der Waals surface area contributed by atoms with Crippen molar-refractivity contribution in [2.75, 3.05) is 20.3 Å². The lowest BCUT2D eigenvalue weighted by Gasteiger charge is -2.13. The third-order valence-corrected chi connectivity index (χ3v) is 3.70. The molecule has 0 aliphatic rings. The SMILES string of the molecule is CCOc1cc(C(=O)OCC(=O)NCc2ccccc2OC)ccc1OC(F)F. The van der Waals surface area contributed by atoms with Crippen LogP contribution in [0.4, 0.5) is 8.78 Å². The average Bonchev–Trinajstić information content (AvgIpc) is 2.71. The van der Waals surface area contributed by atoms with Gasteiger partial charge in [-0.1, -0.05) is 18.2 Å². The second-order valence-corrected chi connectivity index (χ2v) is 5.64. The zero-order valence-corrected chi connectivity index (χ0v) is 15.9. The molecular formula is C20H21F2NO6. The van der Waals surface area contributed by atoms with Crippen molar-refractivity contribution < 1.29 is 37.3 Å². The van der Waals surface area contributed by atoms with Crippen LogP contribution in [0.5, 0.6) is 17.2 Å². The minimum atomic E-state index is -3.03. The number of nitrogens with one attached hydrogen (secondary N) is 1. The number of carbonyl (C=O) groups excluding carboxylic acids is 2. The van der Waals surface area contributed by atoms with E-state index in [9.17, 15) is 18.4 Å². The fraction of sp³-hybridized carbons (Fsp3) is 0.300. The maximum absolute atomic E-state index is 12.4. The third-order valence-electron chi connectivity index (χ3n) is 3.70. The molecule has 0 radical (unpaired) electrons. The van der Waals surface area contributed by atoms with Crippen LogP contribution in [0.3, 0.4) is 0 Å². The number of hydrogen-bond donors (Lipinski definition) is 1. The first kappa shape index (κ1) is 21.9. The molecule has 0 bridgehead atoms. The molecule has 0 heterocycles. The van der Waals surface area contributed by atoms with Crippen LogP contribution in [0, 0.1) is 0 Å². The van der Waals surface area contributed by atoms with Gasteiger partial charge in [0.25, 0.3) is 5.91 Å². The summed E-state index contributed by atoms with van der Waals surface area (Å²) in [5.74, 6) is -0.913. The van der Waals surface area contributed by atoms with Gasteiger partial charge in [-0.2, -0.15) is 8.78 Å². The van der Waals surface area contributed by atoms with E-state index in [1.807, 2.05) is 0 Å². The largest absolute Gasteiger partial charge is 0.496 e. The molecule has 7 nitrogen and oxygen atoms in total. The molecule has 0 atom stereocenters. The summed E-state index contributed by atoms with van der Waals surface area (Å²) in [5, 5.41) is 2.62. The first-order valence-electron chi connectivity index (χ1n) is 8.72. The minimum Gasteiger partial charge on any atom is -0.496 e. The summed E-state index contributed by atoms with van der Waals surface area (Å²) in [6, 6.07) is 10.8. The quantitative estimate of drug-likeness (QED) is 0.607. The number of carbonyl (C=O) groups is 2. The number of alkyl halides is 2. The summed E-state index contributed by atoms with van der Waals surface area (Å²) in [4.78, 5) is 24.1. The standard InChI is InChI=1S/C20H21F2NO6/c1-3-27-17-10-13(8-9-16(17)29-20(21)22)19(25)28-12-18(24)23-11-14-6-4-5-7-15(14)26-2/h4-10,20H,3,11-12H2,1-2H3,(H,23,24). The molecule has 0 saturated carbocycles. The minimum absolute atomic E-state index is 0.0251. The Morgan fingerprint density at radius 1 is 1.07 bits per heavy atom. The van der Waals surface area contributed by atoms with Gasteiger partial charge in [0, 0.05) is 12.1 Å². The molecule has 2 aromatic rings. The summed E-state index contributed by atoms with van der Waals surface area (Å²) < 4.78 is 44.6. The van der Waals surface area contributed by atoms with Gasteiger partial charge in [0.05, 0.1) is 19.3 Å². The van der Waals surface area contributed by atoms with Crippen LogP contribution < -0.4 is 19.5 Å². The number of rotatable bonds is 10. The molecule has 0 spiro atoms. The number of ether oxygens (including phenoxy) is 4. The van der Waals surface area contributed by atoms with Gasteiger partial charge in [-0.3, -0.25) is 4.79 Å². The first-order chi connectivity index (χ1) is 13.9. The van der Waals surface area contributed by atoms with Gasteiger partial charge >= 0.3 is 12.6 Å². The molecule has 1 amide bonds. The average molecular weight is 409 g/mol. The molecule has 29 heavy (non-hydrogen) atoms. The van der Waals surface area contributed by atoms with Crippen LogP contribution in [0.25, 0.3) is 0 Å². The highest BCUT2D eigenvalue weighted by Crippen LogP contribution is 2.30.